The molecular formula is C55H35N7. The molecule has 0 aliphatic heterocycles. The third kappa shape index (κ3) is 7.52. The summed E-state index contributed by atoms with van der Waals surface area (Å²) in [5, 5.41) is 10.2. The van der Waals surface area contributed by atoms with Crippen LogP contribution in [0, 0.1) is 11.3 Å². The van der Waals surface area contributed by atoms with Gasteiger partial charge in [0.05, 0.1) is 11.6 Å². The Morgan fingerprint density at radius 3 is 0.952 bits per heavy atom. The highest BCUT2D eigenvalue weighted by molar-refractivity contribution is 5.96. The molecule has 0 aliphatic rings. The molecule has 0 atom stereocenters. The van der Waals surface area contributed by atoms with Crippen molar-refractivity contribution in [3.05, 3.63) is 218 Å². The Balaban J connectivity index is 1.22. The van der Waals surface area contributed by atoms with E-state index in [1.54, 1.807) is 0 Å². The molecule has 0 saturated carbocycles. The van der Waals surface area contributed by atoms with Crippen LogP contribution in [0.1, 0.15) is 5.56 Å². The highest BCUT2D eigenvalue weighted by atomic mass is 15.0. The topological polar surface area (TPSA) is 101 Å². The van der Waals surface area contributed by atoms with Crippen LogP contribution >= 0.6 is 0 Å². The molecule has 62 heavy (non-hydrogen) atoms. The first-order valence-electron chi connectivity index (χ1n) is 20.3. The molecule has 0 unspecified atom stereocenters. The van der Waals surface area contributed by atoms with Crippen LogP contribution in [0.5, 0.6) is 0 Å². The Bertz CT molecular complexity index is 3120. The van der Waals surface area contributed by atoms with E-state index in [0.717, 1.165) is 66.8 Å². The number of hydrogen-bond acceptors (Lipinski definition) is 7. The van der Waals surface area contributed by atoms with Crippen LogP contribution in [0.25, 0.3) is 102 Å². The molecule has 0 fully saturated rings. The maximum absolute atomic E-state index is 10.2. The quantitative estimate of drug-likeness (QED) is 0.143. The average molecular weight is 794 g/mol. The van der Waals surface area contributed by atoms with E-state index >= 15 is 0 Å². The predicted molar refractivity (Wildman–Crippen MR) is 247 cm³/mol. The average Bonchev–Trinajstić information content (AvgIpc) is 3.37. The highest BCUT2D eigenvalue weighted by Gasteiger charge is 2.22. The predicted octanol–water partition coefficient (Wildman–Crippen LogP) is 12.9. The van der Waals surface area contributed by atoms with Gasteiger partial charge in [-0.3, -0.25) is 0 Å². The summed E-state index contributed by atoms with van der Waals surface area (Å²) < 4.78 is 0. The third-order valence-electron chi connectivity index (χ3n) is 10.7. The lowest BCUT2D eigenvalue weighted by Crippen LogP contribution is -2.02. The molecule has 10 aromatic rings. The second kappa shape index (κ2) is 16.9. The summed E-state index contributed by atoms with van der Waals surface area (Å²) in [5.41, 5.74) is 11.2. The van der Waals surface area contributed by atoms with Gasteiger partial charge in [0.15, 0.2) is 34.9 Å². The molecule has 0 bridgehead atoms. The van der Waals surface area contributed by atoms with Gasteiger partial charge in [0.1, 0.15) is 0 Å². The molecule has 0 spiro atoms. The van der Waals surface area contributed by atoms with Gasteiger partial charge < -0.3 is 0 Å². The second-order valence-electron chi connectivity index (χ2n) is 14.6. The minimum atomic E-state index is 0.535. The first-order chi connectivity index (χ1) is 30.7. The Hall–Kier alpha value is -8.73. The van der Waals surface area contributed by atoms with Crippen LogP contribution < -0.4 is 0 Å². The standard InChI is InChI=1S/C55H35N7/c56-36-42-27-13-14-28-43(42)41-33-34-46(44-29-15-17-31-47(44)54-59-50(37-19-5-1-6-20-37)57-51(60-54)38-21-7-2-8-22-38)49(35-41)45-30-16-18-32-48(45)55-61-52(39-23-9-3-10-24-39)58-53(62-55)40-25-11-4-12-26-40/h1-35H. The smallest absolute Gasteiger partial charge is 0.164 e. The number of rotatable bonds is 9. The molecule has 0 aliphatic carbocycles. The van der Waals surface area contributed by atoms with Gasteiger partial charge in [-0.1, -0.05) is 200 Å². The molecule has 8 aromatic carbocycles. The molecule has 0 amide bonds. The SMILES string of the molecule is N#Cc1ccccc1-c1ccc(-c2ccccc2-c2nc(-c3ccccc3)nc(-c3ccccc3)n2)c(-c2ccccc2-c2nc(-c3ccccc3)nc(-c3ccccc3)n2)c1. The monoisotopic (exact) mass is 793 g/mol. The van der Waals surface area contributed by atoms with E-state index < -0.39 is 0 Å². The van der Waals surface area contributed by atoms with Crippen molar-refractivity contribution in [2.24, 2.45) is 0 Å². The molecule has 0 radical (unpaired) electrons. The Kier molecular flexibility index (Phi) is 10.2. The van der Waals surface area contributed by atoms with Gasteiger partial charge >= 0.3 is 0 Å². The van der Waals surface area contributed by atoms with E-state index in [4.69, 9.17) is 29.9 Å². The maximum Gasteiger partial charge on any atom is 0.164 e. The van der Waals surface area contributed by atoms with Gasteiger partial charge in [-0.05, 0) is 45.5 Å². The molecular weight excluding hydrogens is 759 g/mol. The Labute approximate surface area is 359 Å². The van der Waals surface area contributed by atoms with Crippen molar-refractivity contribution in [3.63, 3.8) is 0 Å². The number of hydrogen-bond donors (Lipinski definition) is 0. The van der Waals surface area contributed by atoms with E-state index in [1.165, 1.54) is 0 Å². The maximum atomic E-state index is 10.2. The zero-order valence-corrected chi connectivity index (χ0v) is 33.3. The minimum Gasteiger partial charge on any atom is -0.208 e. The molecule has 0 saturated heterocycles. The summed E-state index contributed by atoms with van der Waals surface area (Å²) in [7, 11) is 0. The largest absolute Gasteiger partial charge is 0.208 e. The normalized spacial score (nSPS) is 10.9. The zero-order chi connectivity index (χ0) is 41.7. The number of benzene rings is 8. The van der Waals surface area contributed by atoms with Crippen LogP contribution in [0.3, 0.4) is 0 Å². The summed E-state index contributed by atoms with van der Waals surface area (Å²) in [6.45, 7) is 0. The Morgan fingerprint density at radius 1 is 0.242 bits per heavy atom. The zero-order valence-electron chi connectivity index (χ0n) is 33.3. The third-order valence-corrected chi connectivity index (χ3v) is 10.7. The van der Waals surface area contributed by atoms with Gasteiger partial charge in [0, 0.05) is 33.4 Å². The summed E-state index contributed by atoms with van der Waals surface area (Å²) in [6.07, 6.45) is 0. The van der Waals surface area contributed by atoms with Crippen molar-refractivity contribution in [2.75, 3.05) is 0 Å². The Morgan fingerprint density at radius 2 is 0.548 bits per heavy atom. The van der Waals surface area contributed by atoms with Crippen molar-refractivity contribution >= 4 is 0 Å². The molecule has 10 rings (SSSR count). The van der Waals surface area contributed by atoms with Crippen molar-refractivity contribution in [1.29, 1.82) is 5.26 Å². The fourth-order valence-electron chi connectivity index (χ4n) is 7.69. The van der Waals surface area contributed by atoms with Crippen LogP contribution in [0.2, 0.25) is 0 Å². The van der Waals surface area contributed by atoms with Crippen molar-refractivity contribution in [2.45, 2.75) is 0 Å². The lowest BCUT2D eigenvalue weighted by atomic mass is 9.86. The number of nitriles is 1. The number of nitrogens with zero attached hydrogens (tertiary/aromatic N) is 7. The molecule has 0 N–H and O–H groups in total. The summed E-state index contributed by atoms with van der Waals surface area (Å²) in [6, 6.07) is 72.8. The number of aromatic nitrogens is 6. The van der Waals surface area contributed by atoms with Crippen molar-refractivity contribution < 1.29 is 0 Å². The van der Waals surface area contributed by atoms with Crippen molar-refractivity contribution in [1.82, 2.24) is 29.9 Å². The lowest BCUT2D eigenvalue weighted by Gasteiger charge is -2.19. The van der Waals surface area contributed by atoms with Crippen LogP contribution in [0.4, 0.5) is 0 Å². The van der Waals surface area contributed by atoms with E-state index in [0.29, 0.717) is 40.5 Å². The molecule has 7 heteroatoms. The van der Waals surface area contributed by atoms with Gasteiger partial charge in [-0.15, -0.1) is 0 Å². The summed E-state index contributed by atoms with van der Waals surface area (Å²) in [4.78, 5) is 30.5. The van der Waals surface area contributed by atoms with Gasteiger partial charge in [-0.2, -0.15) is 5.26 Å². The molecule has 2 heterocycles. The highest BCUT2D eigenvalue weighted by Crippen LogP contribution is 2.43. The molecule has 290 valence electrons. The summed E-state index contributed by atoms with van der Waals surface area (Å²) >= 11 is 0. The molecule has 2 aromatic heterocycles. The fraction of sp³-hybridized carbons (Fsp3) is 0. The lowest BCUT2D eigenvalue weighted by molar-refractivity contribution is 1.07. The van der Waals surface area contributed by atoms with E-state index in [2.05, 4.69) is 48.5 Å². The second-order valence-corrected chi connectivity index (χ2v) is 14.6. The van der Waals surface area contributed by atoms with Crippen LogP contribution in [-0.4, -0.2) is 29.9 Å². The van der Waals surface area contributed by atoms with E-state index in [1.807, 2.05) is 170 Å². The molecule has 7 nitrogen and oxygen atoms in total. The fourth-order valence-corrected chi connectivity index (χ4v) is 7.69. The van der Waals surface area contributed by atoms with Gasteiger partial charge in [0.25, 0.3) is 0 Å². The first kappa shape index (κ1) is 37.5. The first-order valence-corrected chi connectivity index (χ1v) is 20.3. The summed E-state index contributed by atoms with van der Waals surface area (Å²) in [5.74, 6) is 3.39. The van der Waals surface area contributed by atoms with Crippen LogP contribution in [0.15, 0.2) is 212 Å². The minimum absolute atomic E-state index is 0.535. The van der Waals surface area contributed by atoms with E-state index in [-0.39, 0.29) is 0 Å². The van der Waals surface area contributed by atoms with E-state index in [9.17, 15) is 5.26 Å². The van der Waals surface area contributed by atoms with Gasteiger partial charge in [-0.25, -0.2) is 29.9 Å². The van der Waals surface area contributed by atoms with Crippen LogP contribution in [-0.2, 0) is 0 Å². The van der Waals surface area contributed by atoms with Crippen molar-refractivity contribution in [3.8, 4) is 108 Å². The van der Waals surface area contributed by atoms with Gasteiger partial charge in [0.2, 0.25) is 0 Å².